The van der Waals surface area contributed by atoms with Gasteiger partial charge in [-0.3, -0.25) is 4.79 Å². The lowest BCUT2D eigenvalue weighted by Gasteiger charge is -2.07. The minimum atomic E-state index is -0.173. The molecule has 0 atom stereocenters. The minimum Gasteiger partial charge on any atom is -0.471 e. The van der Waals surface area contributed by atoms with Crippen molar-refractivity contribution in [3.8, 4) is 5.75 Å². The highest BCUT2D eigenvalue weighted by Crippen LogP contribution is 2.33. The fourth-order valence-electron chi connectivity index (χ4n) is 2.38. The van der Waals surface area contributed by atoms with E-state index in [2.05, 4.69) is 21.7 Å². The zero-order valence-electron chi connectivity index (χ0n) is 15.3. The van der Waals surface area contributed by atoms with Crippen LogP contribution in [0.25, 0.3) is 0 Å². The Balaban J connectivity index is 1.62. The number of nitrogens with zero attached hydrogens (tertiary/aromatic N) is 3. The molecule has 6 nitrogen and oxygen atoms in total. The van der Waals surface area contributed by atoms with Crippen molar-refractivity contribution in [2.45, 2.75) is 29.3 Å². The van der Waals surface area contributed by atoms with Gasteiger partial charge in [0.25, 0.3) is 5.91 Å². The molecule has 1 N–H and O–H groups in total. The van der Waals surface area contributed by atoms with Gasteiger partial charge in [-0.1, -0.05) is 19.1 Å². The van der Waals surface area contributed by atoms with Gasteiger partial charge in [0.05, 0.1) is 27.9 Å². The summed E-state index contributed by atoms with van der Waals surface area (Å²) >= 11 is 4.34. The molecule has 3 rings (SSSR count). The Morgan fingerprint density at radius 3 is 2.70 bits per heavy atom. The van der Waals surface area contributed by atoms with E-state index in [4.69, 9.17) is 4.74 Å². The number of carbonyl (C=O) groups excluding carboxylic acids is 1. The van der Waals surface area contributed by atoms with Crippen molar-refractivity contribution in [2.24, 2.45) is 0 Å². The number of rotatable bonds is 8. The molecular formula is C18H20N4O2S3. The molecule has 0 radical (unpaired) electrons. The Morgan fingerprint density at radius 1 is 1.26 bits per heavy atom. The maximum absolute atomic E-state index is 12.6. The van der Waals surface area contributed by atoms with Crippen LogP contribution in [0.5, 0.6) is 5.75 Å². The molecule has 0 aliphatic heterocycles. The monoisotopic (exact) mass is 420 g/mol. The van der Waals surface area contributed by atoms with Crippen molar-refractivity contribution in [1.29, 1.82) is 0 Å². The summed E-state index contributed by atoms with van der Waals surface area (Å²) in [4.78, 5) is 12.6. The van der Waals surface area contributed by atoms with Gasteiger partial charge in [-0.05, 0) is 48.2 Å². The molecule has 9 heteroatoms. The number of ether oxygens (including phenoxy) is 1. The predicted molar refractivity (Wildman–Crippen MR) is 112 cm³/mol. The van der Waals surface area contributed by atoms with E-state index in [0.29, 0.717) is 11.3 Å². The third kappa shape index (κ3) is 4.85. The van der Waals surface area contributed by atoms with Crippen LogP contribution in [0.1, 0.15) is 22.8 Å². The van der Waals surface area contributed by atoms with Gasteiger partial charge < -0.3 is 10.1 Å². The van der Waals surface area contributed by atoms with Crippen molar-refractivity contribution < 1.29 is 9.53 Å². The van der Waals surface area contributed by atoms with Crippen LogP contribution < -0.4 is 10.1 Å². The van der Waals surface area contributed by atoms with Gasteiger partial charge in [-0.25, -0.2) is 4.68 Å². The summed E-state index contributed by atoms with van der Waals surface area (Å²) in [6.07, 6.45) is 8.21. The SMILES string of the molecule is CCc1ccc(OCn2cc(NC(=O)c3c(SC)nsc3SC)cn2)cc1. The normalized spacial score (nSPS) is 10.8. The Labute approximate surface area is 170 Å². The molecule has 0 aliphatic carbocycles. The number of hydrogen-bond acceptors (Lipinski definition) is 7. The lowest BCUT2D eigenvalue weighted by Crippen LogP contribution is -2.12. The fraction of sp³-hybridized carbons (Fsp3) is 0.278. The molecule has 0 unspecified atom stereocenters. The fourth-order valence-corrected chi connectivity index (χ4v) is 4.66. The van der Waals surface area contributed by atoms with Crippen LogP contribution in [-0.4, -0.2) is 32.6 Å². The van der Waals surface area contributed by atoms with Gasteiger partial charge in [0, 0.05) is 0 Å². The number of aromatic nitrogens is 3. The Bertz CT molecular complexity index is 884. The molecule has 0 aliphatic rings. The molecule has 1 amide bonds. The average Bonchev–Trinajstić information content (AvgIpc) is 3.32. The number of thioether (sulfide) groups is 2. The van der Waals surface area contributed by atoms with Crippen LogP contribution in [0.15, 0.2) is 45.9 Å². The first kappa shape index (κ1) is 19.8. The topological polar surface area (TPSA) is 69.0 Å². The van der Waals surface area contributed by atoms with Crippen LogP contribution in [0, 0.1) is 0 Å². The molecule has 1 aromatic carbocycles. The quantitative estimate of drug-likeness (QED) is 0.536. The van der Waals surface area contributed by atoms with Crippen molar-refractivity contribution >= 4 is 46.7 Å². The molecule has 2 heterocycles. The van der Waals surface area contributed by atoms with Crippen LogP contribution in [0.4, 0.5) is 5.69 Å². The molecular weight excluding hydrogens is 400 g/mol. The van der Waals surface area contributed by atoms with Crippen molar-refractivity contribution in [1.82, 2.24) is 14.2 Å². The lowest BCUT2D eigenvalue weighted by atomic mass is 10.2. The smallest absolute Gasteiger partial charge is 0.260 e. The molecule has 142 valence electrons. The minimum absolute atomic E-state index is 0.173. The van der Waals surface area contributed by atoms with E-state index in [1.54, 1.807) is 17.1 Å². The first-order chi connectivity index (χ1) is 13.1. The number of carbonyl (C=O) groups is 1. The number of anilines is 1. The van der Waals surface area contributed by atoms with E-state index in [1.807, 2.05) is 36.8 Å². The third-order valence-corrected chi connectivity index (χ3v) is 6.56. The van der Waals surface area contributed by atoms with Gasteiger partial charge in [0.2, 0.25) is 0 Å². The van der Waals surface area contributed by atoms with Crippen LogP contribution in [0.3, 0.4) is 0 Å². The van der Waals surface area contributed by atoms with Crippen LogP contribution in [-0.2, 0) is 13.2 Å². The summed E-state index contributed by atoms with van der Waals surface area (Å²) < 4.78 is 12.6. The number of amides is 1. The summed E-state index contributed by atoms with van der Waals surface area (Å²) in [7, 11) is 0. The number of hydrogen-bond donors (Lipinski definition) is 1. The average molecular weight is 421 g/mol. The van der Waals surface area contributed by atoms with Crippen molar-refractivity contribution in [3.05, 3.63) is 47.8 Å². The molecule has 0 bridgehead atoms. The van der Waals surface area contributed by atoms with E-state index in [9.17, 15) is 4.79 Å². The van der Waals surface area contributed by atoms with Gasteiger partial charge in [-0.15, -0.1) is 23.5 Å². The number of nitrogens with one attached hydrogen (secondary N) is 1. The second-order valence-electron chi connectivity index (χ2n) is 5.55. The molecule has 2 aromatic heterocycles. The Morgan fingerprint density at radius 2 is 2.04 bits per heavy atom. The maximum atomic E-state index is 12.6. The second-order valence-corrected chi connectivity index (χ2v) is 8.20. The van der Waals surface area contributed by atoms with Gasteiger partial charge in [-0.2, -0.15) is 9.47 Å². The van der Waals surface area contributed by atoms with Crippen LogP contribution in [0.2, 0.25) is 0 Å². The van der Waals surface area contributed by atoms with Gasteiger partial charge in [0.1, 0.15) is 10.8 Å². The lowest BCUT2D eigenvalue weighted by molar-refractivity contribution is 0.102. The second kappa shape index (κ2) is 9.29. The van der Waals surface area contributed by atoms with Crippen molar-refractivity contribution in [2.75, 3.05) is 17.8 Å². The van der Waals surface area contributed by atoms with E-state index in [-0.39, 0.29) is 12.6 Å². The number of benzene rings is 1. The zero-order chi connectivity index (χ0) is 19.2. The van der Waals surface area contributed by atoms with Gasteiger partial charge in [0.15, 0.2) is 6.73 Å². The van der Waals surface area contributed by atoms with E-state index in [0.717, 1.165) is 21.4 Å². The highest BCUT2D eigenvalue weighted by molar-refractivity contribution is 8.01. The molecule has 0 spiro atoms. The molecule has 0 saturated heterocycles. The highest BCUT2D eigenvalue weighted by atomic mass is 32.2. The highest BCUT2D eigenvalue weighted by Gasteiger charge is 2.20. The first-order valence-corrected chi connectivity index (χ1v) is 11.5. The summed E-state index contributed by atoms with van der Waals surface area (Å²) in [6, 6.07) is 7.99. The molecule has 0 fully saturated rings. The van der Waals surface area contributed by atoms with Crippen LogP contribution >= 0.6 is 35.1 Å². The Kier molecular flexibility index (Phi) is 6.81. The van der Waals surface area contributed by atoms with Crippen molar-refractivity contribution in [3.63, 3.8) is 0 Å². The third-order valence-electron chi connectivity index (χ3n) is 3.82. The first-order valence-electron chi connectivity index (χ1n) is 8.27. The van der Waals surface area contributed by atoms with E-state index < -0.39 is 0 Å². The summed E-state index contributed by atoms with van der Waals surface area (Å²) in [5.41, 5.74) is 2.51. The number of aryl methyl sites for hydroxylation is 1. The molecule has 3 aromatic rings. The summed E-state index contributed by atoms with van der Waals surface area (Å²) in [5.74, 6) is 0.611. The molecule has 27 heavy (non-hydrogen) atoms. The van der Waals surface area contributed by atoms with E-state index >= 15 is 0 Å². The summed E-state index contributed by atoms with van der Waals surface area (Å²) in [6.45, 7) is 2.39. The maximum Gasteiger partial charge on any atom is 0.260 e. The zero-order valence-corrected chi connectivity index (χ0v) is 17.7. The predicted octanol–water partition coefficient (Wildman–Crippen LogP) is 4.63. The van der Waals surface area contributed by atoms with Gasteiger partial charge >= 0.3 is 0 Å². The summed E-state index contributed by atoms with van der Waals surface area (Å²) in [5, 5.41) is 7.87. The Hall–Kier alpha value is -1.97. The standard InChI is InChI=1S/C18H20N4O2S3/c1-4-12-5-7-14(8-6-12)24-11-22-10-13(9-19-22)20-16(23)15-17(25-2)21-27-18(15)26-3/h5-10H,4,11H2,1-3H3,(H,20,23). The largest absolute Gasteiger partial charge is 0.471 e. The molecule has 0 saturated carbocycles. The van der Waals surface area contributed by atoms with E-state index in [1.165, 1.54) is 40.6 Å².